The van der Waals surface area contributed by atoms with Crippen LogP contribution in [0.15, 0.2) is 22.7 Å². The van der Waals surface area contributed by atoms with Gasteiger partial charge in [-0.15, -0.1) is 0 Å². The molecule has 1 fully saturated rings. The summed E-state index contributed by atoms with van der Waals surface area (Å²) in [6.07, 6.45) is 3.01. The first-order valence-corrected chi connectivity index (χ1v) is 8.14. The van der Waals surface area contributed by atoms with Crippen molar-refractivity contribution in [3.8, 4) is 5.75 Å². The van der Waals surface area contributed by atoms with Crippen LogP contribution in [0.1, 0.15) is 44.7 Å². The number of fused-ring (bicyclic) bond motifs is 1. The van der Waals surface area contributed by atoms with Gasteiger partial charge in [-0.1, -0.05) is 35.8 Å². The lowest BCUT2D eigenvalue weighted by Crippen LogP contribution is -2.50. The summed E-state index contributed by atoms with van der Waals surface area (Å²) in [4.78, 5) is 0. The van der Waals surface area contributed by atoms with Crippen molar-refractivity contribution in [3.63, 3.8) is 0 Å². The van der Waals surface area contributed by atoms with Crippen molar-refractivity contribution in [2.75, 3.05) is 6.61 Å². The highest BCUT2D eigenvalue weighted by Crippen LogP contribution is 2.45. The van der Waals surface area contributed by atoms with E-state index in [1.807, 2.05) is 12.1 Å². The molecule has 0 aliphatic carbocycles. The quantitative estimate of drug-likeness (QED) is 0.846. The Kier molecular flexibility index (Phi) is 3.82. The van der Waals surface area contributed by atoms with Crippen molar-refractivity contribution in [2.45, 2.75) is 50.9 Å². The minimum absolute atomic E-state index is 0.0535. The summed E-state index contributed by atoms with van der Waals surface area (Å²) in [5.74, 6) is 1.44. The summed E-state index contributed by atoms with van der Waals surface area (Å²) in [7, 11) is 0. The molecular weight excluding hydrogens is 318 g/mol. The molecule has 3 atom stereocenters. The summed E-state index contributed by atoms with van der Waals surface area (Å²) in [5.41, 5.74) is 7.35. The van der Waals surface area contributed by atoms with Crippen molar-refractivity contribution >= 4 is 15.9 Å². The standard InChI is InChI=1S/C16H22BrNO2/c1-10(2)15-9-16(5-6-19-15)8-13(18)12-4-3-11(17)7-14(12)20-16/h3-4,7,10,13,15H,5-6,8-9,18H2,1-2H3/t13-,15?,16?/m0/s1. The van der Waals surface area contributed by atoms with E-state index < -0.39 is 0 Å². The molecule has 0 saturated carbocycles. The average molecular weight is 340 g/mol. The first kappa shape index (κ1) is 14.4. The third-order valence-corrected chi connectivity index (χ3v) is 4.99. The molecular formula is C16H22BrNO2. The maximum Gasteiger partial charge on any atom is 0.126 e. The maximum atomic E-state index is 6.40. The van der Waals surface area contributed by atoms with Crippen molar-refractivity contribution < 1.29 is 9.47 Å². The van der Waals surface area contributed by atoms with Crippen LogP contribution in [-0.2, 0) is 4.74 Å². The monoisotopic (exact) mass is 339 g/mol. The van der Waals surface area contributed by atoms with E-state index in [-0.39, 0.29) is 17.7 Å². The van der Waals surface area contributed by atoms with Crippen molar-refractivity contribution in [1.29, 1.82) is 0 Å². The van der Waals surface area contributed by atoms with Crippen molar-refractivity contribution in [3.05, 3.63) is 28.2 Å². The van der Waals surface area contributed by atoms with E-state index in [1.54, 1.807) is 0 Å². The van der Waals surface area contributed by atoms with Crippen LogP contribution in [0.4, 0.5) is 0 Å². The molecule has 1 aromatic rings. The van der Waals surface area contributed by atoms with E-state index in [2.05, 4.69) is 35.8 Å². The third kappa shape index (κ3) is 2.61. The molecule has 2 N–H and O–H groups in total. The van der Waals surface area contributed by atoms with Gasteiger partial charge in [-0.25, -0.2) is 0 Å². The molecule has 2 aliphatic rings. The number of ether oxygens (including phenoxy) is 2. The van der Waals surface area contributed by atoms with Crippen LogP contribution in [0.25, 0.3) is 0 Å². The number of hydrogen-bond acceptors (Lipinski definition) is 3. The molecule has 2 aliphatic heterocycles. The van der Waals surface area contributed by atoms with Gasteiger partial charge in [0, 0.05) is 35.3 Å². The lowest BCUT2D eigenvalue weighted by Gasteiger charge is -2.46. The van der Waals surface area contributed by atoms with E-state index in [9.17, 15) is 0 Å². The molecule has 1 saturated heterocycles. The number of nitrogens with two attached hydrogens (primary N) is 1. The topological polar surface area (TPSA) is 44.5 Å². The van der Waals surface area contributed by atoms with Gasteiger partial charge in [-0.3, -0.25) is 0 Å². The SMILES string of the molecule is CC(C)C1CC2(CCO1)C[C@H](N)c1ccc(Br)cc1O2. The fourth-order valence-corrected chi connectivity index (χ4v) is 3.66. The first-order chi connectivity index (χ1) is 9.49. The number of rotatable bonds is 1. The van der Waals surface area contributed by atoms with E-state index in [0.29, 0.717) is 5.92 Å². The molecule has 1 aromatic carbocycles. The third-order valence-electron chi connectivity index (χ3n) is 4.50. The molecule has 2 unspecified atom stereocenters. The number of hydrogen-bond donors (Lipinski definition) is 1. The van der Waals surface area contributed by atoms with Crippen LogP contribution in [0.5, 0.6) is 5.75 Å². The summed E-state index contributed by atoms with van der Waals surface area (Å²) in [6.45, 7) is 5.17. The Balaban J connectivity index is 1.89. The van der Waals surface area contributed by atoms with Crippen LogP contribution in [-0.4, -0.2) is 18.3 Å². The van der Waals surface area contributed by atoms with Crippen LogP contribution in [0, 0.1) is 5.92 Å². The van der Waals surface area contributed by atoms with Gasteiger partial charge >= 0.3 is 0 Å². The van der Waals surface area contributed by atoms with Gasteiger partial charge in [0.2, 0.25) is 0 Å². The van der Waals surface area contributed by atoms with E-state index in [4.69, 9.17) is 15.2 Å². The summed E-state index contributed by atoms with van der Waals surface area (Å²) in [6, 6.07) is 6.19. The highest BCUT2D eigenvalue weighted by molar-refractivity contribution is 9.10. The summed E-state index contributed by atoms with van der Waals surface area (Å²) < 4.78 is 13.3. The number of benzene rings is 1. The molecule has 0 radical (unpaired) electrons. The van der Waals surface area contributed by atoms with Crippen molar-refractivity contribution in [2.24, 2.45) is 11.7 Å². The molecule has 3 rings (SSSR count). The van der Waals surface area contributed by atoms with Crippen LogP contribution < -0.4 is 10.5 Å². The van der Waals surface area contributed by atoms with Gasteiger partial charge in [0.15, 0.2) is 0 Å². The number of halogens is 1. The normalized spacial score (nSPS) is 33.0. The van der Waals surface area contributed by atoms with Crippen LogP contribution >= 0.6 is 15.9 Å². The Morgan fingerprint density at radius 1 is 1.35 bits per heavy atom. The van der Waals surface area contributed by atoms with Gasteiger partial charge in [-0.05, 0) is 18.1 Å². The zero-order valence-electron chi connectivity index (χ0n) is 12.1. The zero-order chi connectivity index (χ0) is 14.3. The lowest BCUT2D eigenvalue weighted by molar-refractivity contribution is -0.115. The van der Waals surface area contributed by atoms with Gasteiger partial charge < -0.3 is 15.2 Å². The maximum absolute atomic E-state index is 6.40. The molecule has 20 heavy (non-hydrogen) atoms. The first-order valence-electron chi connectivity index (χ1n) is 7.35. The molecule has 0 bridgehead atoms. The van der Waals surface area contributed by atoms with Gasteiger partial charge in [-0.2, -0.15) is 0 Å². The second kappa shape index (κ2) is 5.32. The highest BCUT2D eigenvalue weighted by atomic mass is 79.9. The molecule has 3 nitrogen and oxygen atoms in total. The molecule has 4 heteroatoms. The molecule has 1 spiro atoms. The van der Waals surface area contributed by atoms with Gasteiger partial charge in [0.1, 0.15) is 11.4 Å². The molecule has 0 aromatic heterocycles. The minimum atomic E-state index is -0.152. The Morgan fingerprint density at radius 2 is 2.15 bits per heavy atom. The Hall–Kier alpha value is -0.580. The second-order valence-corrected chi connectivity index (χ2v) is 7.30. The fraction of sp³-hybridized carbons (Fsp3) is 0.625. The lowest BCUT2D eigenvalue weighted by atomic mass is 9.78. The van der Waals surface area contributed by atoms with Crippen LogP contribution in [0.3, 0.4) is 0 Å². The second-order valence-electron chi connectivity index (χ2n) is 6.39. The Bertz CT molecular complexity index is 505. The Morgan fingerprint density at radius 3 is 2.90 bits per heavy atom. The molecule has 110 valence electrons. The van der Waals surface area contributed by atoms with E-state index in [0.717, 1.165) is 41.7 Å². The highest BCUT2D eigenvalue weighted by Gasteiger charge is 2.44. The van der Waals surface area contributed by atoms with E-state index >= 15 is 0 Å². The summed E-state index contributed by atoms with van der Waals surface area (Å²) >= 11 is 3.51. The van der Waals surface area contributed by atoms with E-state index in [1.165, 1.54) is 0 Å². The smallest absolute Gasteiger partial charge is 0.126 e. The Labute approximate surface area is 129 Å². The van der Waals surface area contributed by atoms with Gasteiger partial charge in [0.25, 0.3) is 0 Å². The average Bonchev–Trinajstić information content (AvgIpc) is 2.37. The van der Waals surface area contributed by atoms with Crippen LogP contribution in [0.2, 0.25) is 0 Å². The fourth-order valence-electron chi connectivity index (χ4n) is 3.32. The molecule has 0 amide bonds. The predicted octanol–water partition coefficient (Wildman–Crippen LogP) is 3.81. The molecule has 2 heterocycles. The minimum Gasteiger partial charge on any atom is -0.487 e. The summed E-state index contributed by atoms with van der Waals surface area (Å²) in [5, 5.41) is 0. The largest absolute Gasteiger partial charge is 0.487 e. The van der Waals surface area contributed by atoms with Crippen molar-refractivity contribution in [1.82, 2.24) is 0 Å². The van der Waals surface area contributed by atoms with Gasteiger partial charge in [0.05, 0.1) is 12.7 Å². The predicted molar refractivity (Wildman–Crippen MR) is 82.9 cm³/mol. The zero-order valence-corrected chi connectivity index (χ0v) is 13.7.